The molecule has 1 aromatic heterocycles. The molecule has 6 atom stereocenters. The number of aromatic nitrogens is 2. The minimum absolute atomic E-state index is 0.0144. The van der Waals surface area contributed by atoms with Crippen molar-refractivity contribution in [2.75, 3.05) is 37.7 Å². The molecule has 0 N–H and O–H groups in total. The third kappa shape index (κ3) is 4.94. The van der Waals surface area contributed by atoms with Crippen molar-refractivity contribution in [1.82, 2.24) is 19.8 Å². The Kier molecular flexibility index (Phi) is 7.95. The lowest BCUT2D eigenvalue weighted by molar-refractivity contribution is -0.131. The van der Waals surface area contributed by atoms with Crippen LogP contribution in [0.5, 0.6) is 6.01 Å². The first-order valence-electron chi connectivity index (χ1n) is 16.2. The number of amides is 1. The molecule has 3 aliphatic heterocycles. The lowest BCUT2D eigenvalue weighted by Crippen LogP contribution is -2.55. The summed E-state index contributed by atoms with van der Waals surface area (Å²) in [4.78, 5) is 27.6. The molecule has 46 heavy (non-hydrogen) atoms. The van der Waals surface area contributed by atoms with Crippen molar-refractivity contribution in [2.45, 2.75) is 93.7 Å². The van der Waals surface area contributed by atoms with Crippen molar-refractivity contribution in [1.29, 1.82) is 5.26 Å². The highest BCUT2D eigenvalue weighted by molar-refractivity contribution is 6.31. The molecule has 0 bridgehead atoms. The van der Waals surface area contributed by atoms with E-state index in [9.17, 15) is 18.8 Å². The molecule has 7 rings (SSSR count). The van der Waals surface area contributed by atoms with Gasteiger partial charge in [0.2, 0.25) is 0 Å². The van der Waals surface area contributed by atoms with Gasteiger partial charge in [-0.15, -0.1) is 0 Å². The minimum Gasteiger partial charge on any atom is -0.461 e. The zero-order valence-electron chi connectivity index (χ0n) is 26.0. The van der Waals surface area contributed by atoms with Crippen LogP contribution >= 0.6 is 11.6 Å². The molecule has 2 aromatic rings. The number of hydrogen-bond donors (Lipinski definition) is 0. The number of carbonyl (C=O) groups is 1. The van der Waals surface area contributed by atoms with E-state index in [4.69, 9.17) is 26.3 Å². The van der Waals surface area contributed by atoms with Crippen LogP contribution in [0.2, 0.25) is 5.02 Å². The van der Waals surface area contributed by atoms with Crippen LogP contribution in [0.1, 0.15) is 74.0 Å². The highest BCUT2D eigenvalue weighted by Gasteiger charge is 2.53. The number of nitrogens with zero attached hydrogens (tertiary/aromatic N) is 6. The Labute approximate surface area is 272 Å². The van der Waals surface area contributed by atoms with E-state index in [0.717, 1.165) is 24.0 Å². The zero-order chi connectivity index (χ0) is 32.4. The Bertz CT molecular complexity index is 1620. The molecule has 1 amide bonds. The number of carbonyl (C=O) groups excluding carboxylic acids is 1. The smallest absolute Gasteiger partial charge is 0.318 e. The fourth-order valence-corrected chi connectivity index (χ4v) is 9.23. The topological polar surface area (TPSA) is 85.6 Å². The Hall–Kier alpha value is -3.36. The minimum atomic E-state index is -1.45. The summed E-state index contributed by atoms with van der Waals surface area (Å²) in [6, 6.07) is 7.44. The maximum Gasteiger partial charge on any atom is 0.318 e. The molecule has 3 saturated heterocycles. The first-order valence-corrected chi connectivity index (χ1v) is 16.6. The molecule has 0 radical (unpaired) electrons. The maximum absolute atomic E-state index is 17.2. The van der Waals surface area contributed by atoms with Gasteiger partial charge in [-0.05, 0) is 62.6 Å². The van der Waals surface area contributed by atoms with Crippen molar-refractivity contribution in [3.63, 3.8) is 0 Å². The van der Waals surface area contributed by atoms with Gasteiger partial charge in [-0.25, -0.2) is 13.2 Å². The van der Waals surface area contributed by atoms with Gasteiger partial charge in [0.15, 0.2) is 12.0 Å². The second-order valence-electron chi connectivity index (χ2n) is 13.7. The molecule has 1 aromatic carbocycles. The summed E-state index contributed by atoms with van der Waals surface area (Å²) in [6.07, 6.45) is 2.05. The Morgan fingerprint density at radius 2 is 1.96 bits per heavy atom. The normalized spacial score (nSPS) is 31.8. The number of halogens is 4. The number of ether oxygens (including phenoxy) is 1. The van der Waals surface area contributed by atoms with E-state index in [0.29, 0.717) is 61.6 Å². The van der Waals surface area contributed by atoms with E-state index in [1.165, 1.54) is 4.90 Å². The number of benzene rings is 1. The van der Waals surface area contributed by atoms with Gasteiger partial charge in [0, 0.05) is 54.6 Å². The molecule has 2 aliphatic carbocycles. The largest absolute Gasteiger partial charge is 0.461 e. The third-order valence-electron chi connectivity index (χ3n) is 11.3. The highest BCUT2D eigenvalue weighted by atomic mass is 35.5. The van der Waals surface area contributed by atoms with Gasteiger partial charge in [0.05, 0.1) is 29.8 Å². The van der Waals surface area contributed by atoms with Gasteiger partial charge >= 0.3 is 6.01 Å². The standard InChI is InChI=1S/C34H38ClF3N6O2/c1-20-6-10-33(16-22(37)17-44(20)33)19-46-32-40-28-25(8-12-34(29(28)38)11-7-24-26(34)4-3-5-27(24)35)30(41-32)42-14-15-43(31(45)21(2)36)23(18-42)9-13-39/h3-5,20,22-23,29H,2,6-12,14-19H2,1H3/t20?,22-,23+,29+,33?,34-/m1/s1. The molecule has 244 valence electrons. The Balaban J connectivity index is 1.26. The number of rotatable bonds is 6. The number of alkyl halides is 2. The highest BCUT2D eigenvalue weighted by Crippen LogP contribution is 2.57. The van der Waals surface area contributed by atoms with Crippen LogP contribution < -0.4 is 9.64 Å². The molecule has 3 fully saturated rings. The van der Waals surface area contributed by atoms with Crippen molar-refractivity contribution >= 4 is 23.3 Å². The van der Waals surface area contributed by atoms with Crippen molar-refractivity contribution in [2.24, 2.45) is 0 Å². The van der Waals surface area contributed by atoms with E-state index < -0.39 is 41.1 Å². The predicted octanol–water partition coefficient (Wildman–Crippen LogP) is 5.73. The summed E-state index contributed by atoms with van der Waals surface area (Å²) < 4.78 is 52.0. The van der Waals surface area contributed by atoms with Gasteiger partial charge in [-0.1, -0.05) is 30.3 Å². The number of hydrogen-bond acceptors (Lipinski definition) is 7. The molecule has 8 nitrogen and oxygen atoms in total. The summed E-state index contributed by atoms with van der Waals surface area (Å²) in [6.45, 7) is 6.45. The Morgan fingerprint density at radius 3 is 2.72 bits per heavy atom. The van der Waals surface area contributed by atoms with Crippen molar-refractivity contribution < 1.29 is 22.7 Å². The van der Waals surface area contributed by atoms with E-state index >= 15 is 4.39 Å². The number of anilines is 1. The second-order valence-corrected chi connectivity index (χ2v) is 14.1. The van der Waals surface area contributed by atoms with Crippen LogP contribution in [0.15, 0.2) is 30.6 Å². The van der Waals surface area contributed by atoms with Crippen molar-refractivity contribution in [3.8, 4) is 12.1 Å². The molecule has 12 heteroatoms. The lowest BCUT2D eigenvalue weighted by atomic mass is 9.68. The fraction of sp³-hybridized carbons (Fsp3) is 0.588. The van der Waals surface area contributed by atoms with Gasteiger partial charge in [0.1, 0.15) is 18.6 Å². The Morgan fingerprint density at radius 1 is 1.17 bits per heavy atom. The molecular formula is C34H38ClF3N6O2. The average molecular weight is 655 g/mol. The molecule has 1 spiro atoms. The summed E-state index contributed by atoms with van der Waals surface area (Å²) in [5.41, 5.74) is 1.60. The molecule has 2 unspecified atom stereocenters. The molecule has 5 aliphatic rings. The van der Waals surface area contributed by atoms with E-state index in [1.54, 1.807) is 0 Å². The van der Waals surface area contributed by atoms with Crippen molar-refractivity contribution in [3.05, 3.63) is 58.0 Å². The number of nitriles is 1. The van der Waals surface area contributed by atoms with Gasteiger partial charge in [-0.2, -0.15) is 15.2 Å². The van der Waals surface area contributed by atoms with E-state index in [1.807, 2.05) is 23.1 Å². The SMILES string of the molecule is C=C(F)C(=O)N1CCN(c2nc(OCC34CCC(C)N3C[C@H](F)C4)nc3c2CC[C@@]2(CCc4c(Cl)cccc42)[C@H]3F)C[C@@H]1CC#N. The monoisotopic (exact) mass is 654 g/mol. The lowest BCUT2D eigenvalue weighted by Gasteiger charge is -2.43. The second kappa shape index (κ2) is 11.7. The van der Waals surface area contributed by atoms with Crippen LogP contribution in [0.4, 0.5) is 19.0 Å². The van der Waals surface area contributed by atoms with Crippen LogP contribution in [-0.2, 0) is 23.1 Å². The van der Waals surface area contributed by atoms with Gasteiger partial charge < -0.3 is 14.5 Å². The van der Waals surface area contributed by atoms with Gasteiger partial charge in [-0.3, -0.25) is 9.69 Å². The summed E-state index contributed by atoms with van der Waals surface area (Å²) in [5, 5.41) is 10.2. The molecular weight excluding hydrogens is 617 g/mol. The predicted molar refractivity (Wildman–Crippen MR) is 167 cm³/mol. The van der Waals surface area contributed by atoms with Crippen LogP contribution in [-0.4, -0.2) is 82.3 Å². The van der Waals surface area contributed by atoms with E-state index in [2.05, 4.69) is 24.5 Å². The number of fused-ring (bicyclic) bond motifs is 4. The fourth-order valence-electron chi connectivity index (χ4n) is 8.96. The molecule has 0 saturated carbocycles. The van der Waals surface area contributed by atoms with E-state index in [-0.39, 0.29) is 43.9 Å². The first-order chi connectivity index (χ1) is 22.1. The van der Waals surface area contributed by atoms with Gasteiger partial charge in [0.25, 0.3) is 5.91 Å². The maximum atomic E-state index is 17.2. The van der Waals surface area contributed by atoms with Crippen LogP contribution in [0.3, 0.4) is 0 Å². The molecule has 4 heterocycles. The summed E-state index contributed by atoms with van der Waals surface area (Å²) in [5.74, 6) is -1.42. The zero-order valence-corrected chi connectivity index (χ0v) is 26.7. The number of piperazine rings is 1. The quantitative estimate of drug-likeness (QED) is 0.368. The average Bonchev–Trinajstić information content (AvgIpc) is 3.68. The van der Waals surface area contributed by atoms with Crippen LogP contribution in [0.25, 0.3) is 0 Å². The third-order valence-corrected chi connectivity index (χ3v) is 11.6. The first kappa shape index (κ1) is 31.3. The summed E-state index contributed by atoms with van der Waals surface area (Å²) in [7, 11) is 0. The summed E-state index contributed by atoms with van der Waals surface area (Å²) >= 11 is 6.55. The van der Waals surface area contributed by atoms with Crippen LogP contribution in [0, 0.1) is 11.3 Å².